The lowest BCUT2D eigenvalue weighted by molar-refractivity contribution is 0.113. The minimum Gasteiger partial charge on any atom is -0.329 e. The summed E-state index contributed by atoms with van der Waals surface area (Å²) in [7, 11) is 0. The van der Waals surface area contributed by atoms with Gasteiger partial charge < -0.3 is 5.73 Å². The summed E-state index contributed by atoms with van der Waals surface area (Å²) >= 11 is 0. The maximum absolute atomic E-state index is 6.09. The van der Waals surface area contributed by atoms with Crippen LogP contribution in [-0.4, -0.2) is 30.1 Å². The van der Waals surface area contributed by atoms with E-state index in [2.05, 4.69) is 25.7 Å². The van der Waals surface area contributed by atoms with Crippen LogP contribution in [0.3, 0.4) is 0 Å². The zero-order chi connectivity index (χ0) is 14.1. The van der Waals surface area contributed by atoms with Crippen LogP contribution in [0.15, 0.2) is 0 Å². The van der Waals surface area contributed by atoms with Crippen molar-refractivity contribution in [3.05, 3.63) is 0 Å². The van der Waals surface area contributed by atoms with Crippen molar-refractivity contribution in [3.63, 3.8) is 0 Å². The molecular weight excluding hydrogens is 232 g/mol. The lowest BCUT2D eigenvalue weighted by Gasteiger charge is -2.37. The number of hydrogen-bond acceptors (Lipinski definition) is 2. The first-order chi connectivity index (χ1) is 9.19. The van der Waals surface area contributed by atoms with Crippen molar-refractivity contribution in [1.82, 2.24) is 4.90 Å². The quantitative estimate of drug-likeness (QED) is 0.602. The second-order valence-corrected chi connectivity index (χ2v) is 6.77. The predicted molar refractivity (Wildman–Crippen MR) is 85.4 cm³/mol. The van der Waals surface area contributed by atoms with E-state index in [-0.39, 0.29) is 0 Å². The summed E-state index contributed by atoms with van der Waals surface area (Å²) in [4.78, 5) is 2.77. The second kappa shape index (κ2) is 9.77. The van der Waals surface area contributed by atoms with Gasteiger partial charge in [-0.15, -0.1) is 0 Å². The Labute approximate surface area is 121 Å². The third-order valence-electron chi connectivity index (χ3n) is 4.50. The SMILES string of the molecule is CCCCCCC(CN)N(CC(C)C)C1CCCC1. The van der Waals surface area contributed by atoms with Crippen LogP contribution in [0.2, 0.25) is 0 Å². The average Bonchev–Trinajstić information content (AvgIpc) is 2.90. The van der Waals surface area contributed by atoms with Gasteiger partial charge in [0.25, 0.3) is 0 Å². The van der Waals surface area contributed by atoms with E-state index in [1.807, 2.05) is 0 Å². The molecule has 0 radical (unpaired) electrons. The zero-order valence-corrected chi connectivity index (χ0v) is 13.5. The highest BCUT2D eigenvalue weighted by molar-refractivity contribution is 4.84. The molecule has 1 rings (SSSR count). The number of hydrogen-bond donors (Lipinski definition) is 1. The van der Waals surface area contributed by atoms with Crippen LogP contribution in [0.25, 0.3) is 0 Å². The van der Waals surface area contributed by atoms with E-state index in [1.165, 1.54) is 64.3 Å². The third kappa shape index (κ3) is 6.27. The van der Waals surface area contributed by atoms with E-state index >= 15 is 0 Å². The fourth-order valence-electron chi connectivity index (χ4n) is 3.48. The Kier molecular flexibility index (Phi) is 8.72. The van der Waals surface area contributed by atoms with Gasteiger partial charge >= 0.3 is 0 Å². The number of unbranched alkanes of at least 4 members (excludes halogenated alkanes) is 3. The van der Waals surface area contributed by atoms with Gasteiger partial charge in [0.05, 0.1) is 0 Å². The lowest BCUT2D eigenvalue weighted by atomic mass is 10.0. The molecular formula is C17H36N2. The summed E-state index contributed by atoms with van der Waals surface area (Å²) in [5, 5.41) is 0. The van der Waals surface area contributed by atoms with Gasteiger partial charge in [0, 0.05) is 25.2 Å². The summed E-state index contributed by atoms with van der Waals surface area (Å²) in [5.74, 6) is 0.755. The molecule has 0 aromatic carbocycles. The Morgan fingerprint density at radius 1 is 1.11 bits per heavy atom. The van der Waals surface area contributed by atoms with Gasteiger partial charge in [0.1, 0.15) is 0 Å². The van der Waals surface area contributed by atoms with Crippen molar-refractivity contribution in [2.45, 2.75) is 90.6 Å². The molecule has 0 spiro atoms. The topological polar surface area (TPSA) is 29.3 Å². The summed E-state index contributed by atoms with van der Waals surface area (Å²) in [5.41, 5.74) is 6.09. The van der Waals surface area contributed by atoms with Gasteiger partial charge in [-0.05, 0) is 25.2 Å². The Balaban J connectivity index is 2.48. The van der Waals surface area contributed by atoms with Crippen LogP contribution in [0.1, 0.15) is 78.6 Å². The molecule has 2 N–H and O–H groups in total. The van der Waals surface area contributed by atoms with E-state index in [0.29, 0.717) is 6.04 Å². The first kappa shape index (κ1) is 17.0. The molecule has 2 nitrogen and oxygen atoms in total. The molecule has 0 aromatic rings. The molecule has 0 bridgehead atoms. The highest BCUT2D eigenvalue weighted by atomic mass is 15.2. The molecule has 2 heteroatoms. The van der Waals surface area contributed by atoms with Crippen LogP contribution < -0.4 is 5.73 Å². The number of nitrogens with two attached hydrogens (primary N) is 1. The Bertz CT molecular complexity index is 209. The van der Waals surface area contributed by atoms with Gasteiger partial charge in [0.2, 0.25) is 0 Å². The van der Waals surface area contributed by atoms with Crippen LogP contribution in [-0.2, 0) is 0 Å². The highest BCUT2D eigenvalue weighted by Crippen LogP contribution is 2.27. The van der Waals surface area contributed by atoms with E-state index in [1.54, 1.807) is 0 Å². The van der Waals surface area contributed by atoms with Gasteiger partial charge in [-0.25, -0.2) is 0 Å². The molecule has 114 valence electrons. The maximum atomic E-state index is 6.09. The molecule has 1 atom stereocenters. The minimum absolute atomic E-state index is 0.627. The van der Waals surface area contributed by atoms with Crippen molar-refractivity contribution in [1.29, 1.82) is 0 Å². The lowest BCUT2D eigenvalue weighted by Crippen LogP contribution is -2.47. The van der Waals surface area contributed by atoms with Gasteiger partial charge in [-0.1, -0.05) is 59.3 Å². The minimum atomic E-state index is 0.627. The van der Waals surface area contributed by atoms with Crippen molar-refractivity contribution in [2.24, 2.45) is 11.7 Å². The molecule has 1 fully saturated rings. The Hall–Kier alpha value is -0.0800. The van der Waals surface area contributed by atoms with Crippen LogP contribution in [0.4, 0.5) is 0 Å². The van der Waals surface area contributed by atoms with E-state index < -0.39 is 0 Å². The molecule has 1 aliphatic rings. The fourth-order valence-corrected chi connectivity index (χ4v) is 3.48. The van der Waals surface area contributed by atoms with Crippen LogP contribution in [0.5, 0.6) is 0 Å². The summed E-state index contributed by atoms with van der Waals surface area (Å²) in [6.07, 6.45) is 12.4. The monoisotopic (exact) mass is 268 g/mol. The molecule has 1 saturated carbocycles. The zero-order valence-electron chi connectivity index (χ0n) is 13.5. The van der Waals surface area contributed by atoms with Gasteiger partial charge in [0.15, 0.2) is 0 Å². The van der Waals surface area contributed by atoms with Crippen molar-refractivity contribution in [2.75, 3.05) is 13.1 Å². The predicted octanol–water partition coefficient (Wildman–Crippen LogP) is 4.18. The van der Waals surface area contributed by atoms with Crippen molar-refractivity contribution >= 4 is 0 Å². The van der Waals surface area contributed by atoms with Crippen LogP contribution >= 0.6 is 0 Å². The van der Waals surface area contributed by atoms with Crippen molar-refractivity contribution < 1.29 is 0 Å². The molecule has 0 saturated heterocycles. The van der Waals surface area contributed by atoms with Gasteiger partial charge in [-0.3, -0.25) is 4.90 Å². The summed E-state index contributed by atoms with van der Waals surface area (Å²) in [6, 6.07) is 1.45. The third-order valence-corrected chi connectivity index (χ3v) is 4.50. The Morgan fingerprint density at radius 3 is 2.32 bits per heavy atom. The standard InChI is InChI=1S/C17H36N2/c1-4-5-6-7-12-17(13-18)19(14-15(2)3)16-10-8-9-11-16/h15-17H,4-14,18H2,1-3H3. The Morgan fingerprint density at radius 2 is 1.79 bits per heavy atom. The van der Waals surface area contributed by atoms with E-state index in [9.17, 15) is 0 Å². The summed E-state index contributed by atoms with van der Waals surface area (Å²) in [6.45, 7) is 9.04. The van der Waals surface area contributed by atoms with Crippen LogP contribution in [0, 0.1) is 5.92 Å². The first-order valence-corrected chi connectivity index (χ1v) is 8.64. The molecule has 19 heavy (non-hydrogen) atoms. The largest absolute Gasteiger partial charge is 0.329 e. The number of nitrogens with zero attached hydrogens (tertiary/aromatic N) is 1. The normalized spacial score (nSPS) is 18.6. The summed E-state index contributed by atoms with van der Waals surface area (Å²) < 4.78 is 0. The molecule has 1 aliphatic carbocycles. The molecule has 0 amide bonds. The molecule has 1 unspecified atom stereocenters. The number of rotatable bonds is 10. The maximum Gasteiger partial charge on any atom is 0.0221 e. The van der Waals surface area contributed by atoms with Crippen molar-refractivity contribution in [3.8, 4) is 0 Å². The highest BCUT2D eigenvalue weighted by Gasteiger charge is 2.28. The van der Waals surface area contributed by atoms with Gasteiger partial charge in [-0.2, -0.15) is 0 Å². The second-order valence-electron chi connectivity index (χ2n) is 6.77. The molecule has 0 aromatic heterocycles. The molecule has 0 aliphatic heterocycles. The molecule has 0 heterocycles. The first-order valence-electron chi connectivity index (χ1n) is 8.64. The average molecular weight is 268 g/mol. The fraction of sp³-hybridized carbons (Fsp3) is 1.00. The van der Waals surface area contributed by atoms with E-state index in [0.717, 1.165) is 18.5 Å². The smallest absolute Gasteiger partial charge is 0.0221 e. The van der Waals surface area contributed by atoms with E-state index in [4.69, 9.17) is 5.73 Å².